The minimum atomic E-state index is -0.901. The van der Waals surface area contributed by atoms with Crippen LogP contribution in [0.25, 0.3) is 0 Å². The Hall–Kier alpha value is 0.177. The first-order chi connectivity index (χ1) is 5.17. The highest BCUT2D eigenvalue weighted by Crippen LogP contribution is 2.26. The Morgan fingerprint density at radius 2 is 1.45 bits per heavy atom. The third-order valence-corrected chi connectivity index (χ3v) is 6.41. The third-order valence-electron chi connectivity index (χ3n) is 2.68. The van der Waals surface area contributed by atoms with Gasteiger partial charge >= 0.3 is 0 Å². The minimum Gasteiger partial charge on any atom is -0.423 e. The van der Waals surface area contributed by atoms with E-state index in [1.54, 1.807) is 0 Å². The topological polar surface area (TPSA) is 9.23 Å². The monoisotopic (exact) mass is 174 g/mol. The summed E-state index contributed by atoms with van der Waals surface area (Å²) < 4.78 is 5.59. The molecule has 0 aromatic rings. The molecule has 0 spiro atoms. The lowest BCUT2D eigenvalue weighted by Crippen LogP contribution is -2.26. The summed E-state index contributed by atoms with van der Waals surface area (Å²) in [6, 6.07) is 0. The average Bonchev–Trinajstić information content (AvgIpc) is 2.05. The highest BCUT2D eigenvalue weighted by molar-refractivity contribution is 6.55. The Kier molecular flexibility index (Phi) is 5.87. The van der Waals surface area contributed by atoms with Crippen molar-refractivity contribution in [1.82, 2.24) is 0 Å². The molecule has 2 heteroatoms. The summed E-state index contributed by atoms with van der Waals surface area (Å²) in [6.45, 7) is 9.16. The summed E-state index contributed by atoms with van der Waals surface area (Å²) in [5.74, 6) is 0. The first-order valence-corrected chi connectivity index (χ1v) is 6.50. The Bertz CT molecular complexity index is 85.6. The summed E-state index contributed by atoms with van der Waals surface area (Å²) in [6.07, 6.45) is 2.55. The first-order valence-electron chi connectivity index (χ1n) is 4.70. The molecule has 0 heterocycles. The van der Waals surface area contributed by atoms with Crippen molar-refractivity contribution in [3.8, 4) is 0 Å². The van der Waals surface area contributed by atoms with Gasteiger partial charge in [0.25, 0.3) is 0 Å². The second-order valence-corrected chi connectivity index (χ2v) is 7.15. The van der Waals surface area contributed by atoms with Crippen molar-refractivity contribution in [1.29, 1.82) is 0 Å². The van der Waals surface area contributed by atoms with Crippen LogP contribution in [-0.2, 0) is 4.43 Å². The molecule has 2 atom stereocenters. The molecule has 0 aliphatic rings. The molecular weight excluding hydrogens is 152 g/mol. The minimum absolute atomic E-state index is 0.829. The molecule has 0 fully saturated rings. The van der Waals surface area contributed by atoms with E-state index in [0.717, 1.165) is 11.1 Å². The van der Waals surface area contributed by atoms with Gasteiger partial charge in [-0.05, 0) is 11.1 Å². The number of hydrogen-bond acceptors (Lipinski definition) is 1. The fourth-order valence-electron chi connectivity index (χ4n) is 1.49. The smallest absolute Gasteiger partial charge is 0.181 e. The summed E-state index contributed by atoms with van der Waals surface area (Å²) in [7, 11) is 0.983. The number of hydrogen-bond donors (Lipinski definition) is 0. The van der Waals surface area contributed by atoms with Gasteiger partial charge in [0.1, 0.15) is 0 Å². The first kappa shape index (κ1) is 11.2. The van der Waals surface area contributed by atoms with Gasteiger partial charge in [-0.25, -0.2) is 0 Å². The van der Waals surface area contributed by atoms with Gasteiger partial charge in [0.05, 0.1) is 0 Å². The molecular formula is C9H22OSi. The molecule has 0 radical (unpaired) electrons. The van der Waals surface area contributed by atoms with Crippen LogP contribution < -0.4 is 0 Å². The van der Waals surface area contributed by atoms with E-state index in [0.29, 0.717) is 0 Å². The van der Waals surface area contributed by atoms with Crippen LogP contribution in [0.5, 0.6) is 0 Å². The van der Waals surface area contributed by atoms with Gasteiger partial charge in [-0.2, -0.15) is 0 Å². The third kappa shape index (κ3) is 3.39. The molecule has 0 aromatic carbocycles. The molecule has 0 rings (SSSR count). The van der Waals surface area contributed by atoms with Crippen LogP contribution in [0.3, 0.4) is 0 Å². The van der Waals surface area contributed by atoms with Crippen LogP contribution >= 0.6 is 0 Å². The predicted molar refractivity (Wildman–Crippen MR) is 53.6 cm³/mol. The quantitative estimate of drug-likeness (QED) is 0.582. The summed E-state index contributed by atoms with van der Waals surface area (Å²) in [4.78, 5) is 0. The Balaban J connectivity index is 3.92. The fourth-order valence-corrected chi connectivity index (χ4v) is 4.47. The highest BCUT2D eigenvalue weighted by Gasteiger charge is 2.23. The van der Waals surface area contributed by atoms with Gasteiger partial charge < -0.3 is 4.43 Å². The maximum atomic E-state index is 5.59. The second-order valence-electron chi connectivity index (χ2n) is 3.47. The van der Waals surface area contributed by atoms with E-state index in [9.17, 15) is 0 Å². The highest BCUT2D eigenvalue weighted by atomic mass is 28.3. The van der Waals surface area contributed by atoms with Crippen molar-refractivity contribution in [2.75, 3.05) is 7.11 Å². The van der Waals surface area contributed by atoms with Gasteiger partial charge in [0, 0.05) is 7.11 Å². The largest absolute Gasteiger partial charge is 0.423 e. The van der Waals surface area contributed by atoms with Crippen LogP contribution in [0, 0.1) is 0 Å². The molecule has 0 aliphatic carbocycles. The van der Waals surface area contributed by atoms with Crippen molar-refractivity contribution in [2.24, 2.45) is 0 Å². The number of rotatable bonds is 5. The van der Waals surface area contributed by atoms with Crippen molar-refractivity contribution in [3.63, 3.8) is 0 Å². The molecule has 0 aliphatic heterocycles. The van der Waals surface area contributed by atoms with Crippen molar-refractivity contribution < 1.29 is 4.43 Å². The van der Waals surface area contributed by atoms with Crippen LogP contribution in [0.1, 0.15) is 40.5 Å². The van der Waals surface area contributed by atoms with Gasteiger partial charge in [-0.1, -0.05) is 40.5 Å². The van der Waals surface area contributed by atoms with Crippen LogP contribution in [0.15, 0.2) is 0 Å². The van der Waals surface area contributed by atoms with E-state index in [-0.39, 0.29) is 0 Å². The van der Waals surface area contributed by atoms with Crippen molar-refractivity contribution >= 4 is 9.04 Å². The molecule has 11 heavy (non-hydrogen) atoms. The van der Waals surface area contributed by atoms with E-state index in [1.165, 1.54) is 12.8 Å². The molecule has 0 N–H and O–H groups in total. The summed E-state index contributed by atoms with van der Waals surface area (Å²) in [5, 5.41) is 0. The normalized spacial score (nSPS) is 19.4. The standard InChI is InChI=1S/C9H22OSi/c1-6-8(3)11(10-5)9(4)7-2/h8-9,11H,6-7H2,1-5H3. The molecule has 0 bridgehead atoms. The Morgan fingerprint density at radius 1 is 1.09 bits per heavy atom. The summed E-state index contributed by atoms with van der Waals surface area (Å²) in [5.41, 5.74) is 1.66. The SMILES string of the molecule is CCC(C)[SiH](OC)C(C)CC. The molecule has 1 nitrogen and oxygen atoms in total. The van der Waals surface area contributed by atoms with E-state index in [4.69, 9.17) is 4.43 Å². The van der Waals surface area contributed by atoms with Gasteiger partial charge in [-0.3, -0.25) is 0 Å². The molecule has 0 saturated heterocycles. The molecule has 2 unspecified atom stereocenters. The van der Waals surface area contributed by atoms with Crippen LogP contribution in [0.4, 0.5) is 0 Å². The van der Waals surface area contributed by atoms with Crippen LogP contribution in [-0.4, -0.2) is 16.2 Å². The zero-order chi connectivity index (χ0) is 8.85. The predicted octanol–water partition coefficient (Wildman–Crippen LogP) is 2.96. The van der Waals surface area contributed by atoms with Crippen molar-refractivity contribution in [3.05, 3.63) is 0 Å². The van der Waals surface area contributed by atoms with Gasteiger partial charge in [-0.15, -0.1) is 0 Å². The molecule has 0 aromatic heterocycles. The second kappa shape index (κ2) is 5.78. The lowest BCUT2D eigenvalue weighted by molar-refractivity contribution is 0.393. The molecule has 0 amide bonds. The van der Waals surface area contributed by atoms with Crippen LogP contribution in [0.2, 0.25) is 11.1 Å². The zero-order valence-corrected chi connectivity index (χ0v) is 9.71. The maximum Gasteiger partial charge on any atom is 0.181 e. The van der Waals surface area contributed by atoms with E-state index >= 15 is 0 Å². The lowest BCUT2D eigenvalue weighted by Gasteiger charge is -2.24. The van der Waals surface area contributed by atoms with E-state index < -0.39 is 9.04 Å². The van der Waals surface area contributed by atoms with E-state index in [2.05, 4.69) is 27.7 Å². The molecule has 68 valence electrons. The fraction of sp³-hybridized carbons (Fsp3) is 1.00. The maximum absolute atomic E-state index is 5.59. The molecule has 0 saturated carbocycles. The zero-order valence-electron chi connectivity index (χ0n) is 8.55. The van der Waals surface area contributed by atoms with Gasteiger partial charge in [0.2, 0.25) is 0 Å². The lowest BCUT2D eigenvalue weighted by atomic mass is 10.4. The van der Waals surface area contributed by atoms with Gasteiger partial charge in [0.15, 0.2) is 9.04 Å². The van der Waals surface area contributed by atoms with Crippen molar-refractivity contribution in [2.45, 2.75) is 51.6 Å². The average molecular weight is 174 g/mol. The summed E-state index contributed by atoms with van der Waals surface area (Å²) >= 11 is 0. The van der Waals surface area contributed by atoms with E-state index in [1.807, 2.05) is 7.11 Å². The Morgan fingerprint density at radius 3 is 1.64 bits per heavy atom. The Labute approximate surface area is 72.9 Å².